The van der Waals surface area contributed by atoms with E-state index in [1.807, 2.05) is 6.92 Å². The van der Waals surface area contributed by atoms with Gasteiger partial charge in [0.15, 0.2) is 0 Å². The van der Waals surface area contributed by atoms with Crippen LogP contribution in [0.1, 0.15) is 24.2 Å². The number of halogens is 4. The standard InChI is InChI=1S/C13H16F4OS/c1-10(11-3-5-12(14)6-4-11)19-8-2-7-18-9-13(15,16)17/h3-6,10H,2,7-9H2,1H3. The van der Waals surface area contributed by atoms with Crippen molar-refractivity contribution in [2.75, 3.05) is 19.0 Å². The molecule has 108 valence electrons. The molecule has 0 spiro atoms. The number of hydrogen-bond acceptors (Lipinski definition) is 2. The van der Waals surface area contributed by atoms with E-state index in [9.17, 15) is 17.6 Å². The van der Waals surface area contributed by atoms with Gasteiger partial charge in [-0.05, 0) is 36.8 Å². The molecule has 0 aliphatic carbocycles. The molecular formula is C13H16F4OS. The second-order valence-electron chi connectivity index (χ2n) is 4.09. The van der Waals surface area contributed by atoms with E-state index in [-0.39, 0.29) is 17.7 Å². The van der Waals surface area contributed by atoms with E-state index < -0.39 is 12.8 Å². The first-order chi connectivity index (χ1) is 8.88. The number of hydrogen-bond donors (Lipinski definition) is 0. The lowest BCUT2D eigenvalue weighted by Crippen LogP contribution is -2.17. The van der Waals surface area contributed by atoms with Gasteiger partial charge >= 0.3 is 6.18 Å². The fourth-order valence-electron chi connectivity index (χ4n) is 1.44. The van der Waals surface area contributed by atoms with Crippen LogP contribution in [0.15, 0.2) is 24.3 Å². The van der Waals surface area contributed by atoms with Crippen LogP contribution in [-0.2, 0) is 4.74 Å². The van der Waals surface area contributed by atoms with Gasteiger partial charge in [0.1, 0.15) is 12.4 Å². The summed E-state index contributed by atoms with van der Waals surface area (Å²) < 4.78 is 52.6. The van der Waals surface area contributed by atoms with Crippen molar-refractivity contribution in [1.82, 2.24) is 0 Å². The van der Waals surface area contributed by atoms with Crippen molar-refractivity contribution < 1.29 is 22.3 Å². The highest BCUT2D eigenvalue weighted by Crippen LogP contribution is 2.28. The van der Waals surface area contributed by atoms with Crippen molar-refractivity contribution in [3.8, 4) is 0 Å². The molecule has 0 aliphatic rings. The lowest BCUT2D eigenvalue weighted by atomic mass is 10.2. The summed E-state index contributed by atoms with van der Waals surface area (Å²) >= 11 is 1.61. The SMILES string of the molecule is CC(SCCCOCC(F)(F)F)c1ccc(F)cc1. The van der Waals surface area contributed by atoms with Gasteiger partial charge in [-0.2, -0.15) is 24.9 Å². The molecule has 19 heavy (non-hydrogen) atoms. The van der Waals surface area contributed by atoms with Crippen LogP contribution in [-0.4, -0.2) is 25.1 Å². The van der Waals surface area contributed by atoms with E-state index in [1.54, 1.807) is 23.9 Å². The van der Waals surface area contributed by atoms with Gasteiger partial charge in [-0.3, -0.25) is 0 Å². The van der Waals surface area contributed by atoms with Gasteiger partial charge < -0.3 is 4.74 Å². The summed E-state index contributed by atoms with van der Waals surface area (Å²) in [6.07, 6.45) is -3.69. The van der Waals surface area contributed by atoms with Crippen molar-refractivity contribution >= 4 is 11.8 Å². The molecule has 6 heteroatoms. The molecule has 0 saturated carbocycles. The van der Waals surface area contributed by atoms with Crippen LogP contribution in [0.2, 0.25) is 0 Å². The normalized spacial score (nSPS) is 13.5. The van der Waals surface area contributed by atoms with Crippen molar-refractivity contribution in [2.45, 2.75) is 24.8 Å². The van der Waals surface area contributed by atoms with E-state index in [4.69, 9.17) is 0 Å². The summed E-state index contributed by atoms with van der Waals surface area (Å²) in [7, 11) is 0. The molecule has 1 atom stereocenters. The zero-order valence-corrected chi connectivity index (χ0v) is 11.4. The number of ether oxygens (including phenoxy) is 1. The minimum Gasteiger partial charge on any atom is -0.372 e. The van der Waals surface area contributed by atoms with E-state index >= 15 is 0 Å². The van der Waals surface area contributed by atoms with Crippen molar-refractivity contribution in [3.05, 3.63) is 35.6 Å². The fourth-order valence-corrected chi connectivity index (χ4v) is 2.43. The largest absolute Gasteiger partial charge is 0.411 e. The molecule has 1 unspecified atom stereocenters. The summed E-state index contributed by atoms with van der Waals surface area (Å²) in [6, 6.07) is 6.23. The van der Waals surface area contributed by atoms with Gasteiger partial charge in [-0.15, -0.1) is 0 Å². The van der Waals surface area contributed by atoms with Crippen LogP contribution in [0.3, 0.4) is 0 Å². The van der Waals surface area contributed by atoms with E-state index in [1.165, 1.54) is 12.1 Å². The van der Waals surface area contributed by atoms with Gasteiger partial charge in [0.2, 0.25) is 0 Å². The smallest absolute Gasteiger partial charge is 0.372 e. The van der Waals surface area contributed by atoms with Gasteiger partial charge in [0.05, 0.1) is 0 Å². The molecule has 0 radical (unpaired) electrons. The van der Waals surface area contributed by atoms with Crippen molar-refractivity contribution in [2.24, 2.45) is 0 Å². The van der Waals surface area contributed by atoms with Crippen LogP contribution >= 0.6 is 11.8 Å². The van der Waals surface area contributed by atoms with Crippen LogP contribution in [0.25, 0.3) is 0 Å². The van der Waals surface area contributed by atoms with E-state index in [0.717, 1.165) is 5.56 Å². The Bertz CT molecular complexity index is 364. The maximum absolute atomic E-state index is 12.7. The highest BCUT2D eigenvalue weighted by Gasteiger charge is 2.27. The molecule has 1 aromatic carbocycles. The third-order valence-electron chi connectivity index (χ3n) is 2.41. The van der Waals surface area contributed by atoms with Crippen molar-refractivity contribution in [1.29, 1.82) is 0 Å². The molecule has 0 fully saturated rings. The Morgan fingerprint density at radius 2 is 1.84 bits per heavy atom. The van der Waals surface area contributed by atoms with Gasteiger partial charge in [0, 0.05) is 11.9 Å². The molecule has 0 heterocycles. The highest BCUT2D eigenvalue weighted by atomic mass is 32.2. The Balaban J connectivity index is 2.14. The van der Waals surface area contributed by atoms with Crippen LogP contribution in [0.5, 0.6) is 0 Å². The Labute approximate surface area is 114 Å². The fraction of sp³-hybridized carbons (Fsp3) is 0.538. The summed E-state index contributed by atoms with van der Waals surface area (Å²) in [5, 5.41) is 0.184. The second-order valence-corrected chi connectivity index (χ2v) is 5.53. The summed E-state index contributed by atoms with van der Waals surface area (Å²) in [5.74, 6) is 0.428. The summed E-state index contributed by atoms with van der Waals surface area (Å²) in [6.45, 7) is 0.891. The maximum atomic E-state index is 12.7. The predicted molar refractivity (Wildman–Crippen MR) is 68.8 cm³/mol. The van der Waals surface area contributed by atoms with Crippen LogP contribution < -0.4 is 0 Å². The number of benzene rings is 1. The first-order valence-electron chi connectivity index (χ1n) is 5.90. The number of thioether (sulfide) groups is 1. The molecule has 0 saturated heterocycles. The number of rotatable bonds is 7. The lowest BCUT2D eigenvalue weighted by molar-refractivity contribution is -0.173. The first kappa shape index (κ1) is 16.3. The van der Waals surface area contributed by atoms with Crippen LogP contribution in [0, 0.1) is 5.82 Å². The van der Waals surface area contributed by atoms with Crippen LogP contribution in [0.4, 0.5) is 17.6 Å². The molecule has 1 nitrogen and oxygen atoms in total. The third kappa shape index (κ3) is 7.42. The average Bonchev–Trinajstić information content (AvgIpc) is 2.33. The van der Waals surface area contributed by atoms with Crippen molar-refractivity contribution in [3.63, 3.8) is 0 Å². The average molecular weight is 296 g/mol. The van der Waals surface area contributed by atoms with E-state index in [2.05, 4.69) is 4.74 Å². The quantitative estimate of drug-likeness (QED) is 0.537. The predicted octanol–water partition coefficient (Wildman–Crippen LogP) is 4.59. The Hall–Kier alpha value is -0.750. The van der Waals surface area contributed by atoms with Gasteiger partial charge in [-0.25, -0.2) is 4.39 Å². The molecule has 0 aromatic heterocycles. The zero-order valence-electron chi connectivity index (χ0n) is 10.5. The molecular weight excluding hydrogens is 280 g/mol. The maximum Gasteiger partial charge on any atom is 0.411 e. The molecule has 0 bridgehead atoms. The minimum atomic E-state index is -4.26. The van der Waals surface area contributed by atoms with E-state index in [0.29, 0.717) is 12.2 Å². The molecule has 0 N–H and O–H groups in total. The minimum absolute atomic E-state index is 0.0998. The molecule has 0 aliphatic heterocycles. The highest BCUT2D eigenvalue weighted by molar-refractivity contribution is 7.99. The monoisotopic (exact) mass is 296 g/mol. The molecule has 1 aromatic rings. The number of alkyl halides is 3. The topological polar surface area (TPSA) is 9.23 Å². The third-order valence-corrected chi connectivity index (χ3v) is 3.70. The lowest BCUT2D eigenvalue weighted by Gasteiger charge is -2.12. The van der Waals surface area contributed by atoms with Gasteiger partial charge in [-0.1, -0.05) is 12.1 Å². The molecule has 1 rings (SSSR count). The Morgan fingerprint density at radius 3 is 2.42 bits per heavy atom. The zero-order chi connectivity index (χ0) is 14.3. The van der Waals surface area contributed by atoms with Gasteiger partial charge in [0.25, 0.3) is 0 Å². The summed E-state index contributed by atoms with van der Waals surface area (Å²) in [4.78, 5) is 0. The molecule has 0 amide bonds. The second kappa shape index (κ2) is 7.75. The Morgan fingerprint density at radius 1 is 1.21 bits per heavy atom. The summed E-state index contributed by atoms with van der Waals surface area (Å²) in [5.41, 5.74) is 1.00. The Kier molecular flexibility index (Phi) is 6.65. The first-order valence-corrected chi connectivity index (χ1v) is 6.95.